The Labute approximate surface area is 107 Å². The number of rotatable bonds is 4. The topological polar surface area (TPSA) is 29.1 Å². The van der Waals surface area contributed by atoms with Crippen molar-refractivity contribution < 1.29 is 4.79 Å². The molecule has 0 radical (unpaired) electrons. The third-order valence-electron chi connectivity index (χ3n) is 2.59. The first-order chi connectivity index (χ1) is 8.06. The molecule has 0 spiro atoms. The van der Waals surface area contributed by atoms with Crippen LogP contribution in [0.2, 0.25) is 5.02 Å². The highest BCUT2D eigenvalue weighted by atomic mass is 35.5. The van der Waals surface area contributed by atoms with E-state index in [4.69, 9.17) is 11.6 Å². The predicted molar refractivity (Wildman–Crippen MR) is 72.9 cm³/mol. The van der Waals surface area contributed by atoms with E-state index >= 15 is 0 Å². The van der Waals surface area contributed by atoms with Gasteiger partial charge in [0.25, 0.3) is 0 Å². The van der Waals surface area contributed by atoms with Gasteiger partial charge in [0.1, 0.15) is 0 Å². The lowest BCUT2D eigenvalue weighted by Gasteiger charge is -2.08. The zero-order valence-corrected chi connectivity index (χ0v) is 10.8. The molecule has 1 aromatic rings. The number of carbonyl (C=O) groups excluding carboxylic acids is 1. The van der Waals surface area contributed by atoms with E-state index in [2.05, 4.69) is 11.9 Å². The molecule has 0 bridgehead atoms. The van der Waals surface area contributed by atoms with Gasteiger partial charge in [-0.05, 0) is 37.1 Å². The van der Waals surface area contributed by atoms with E-state index in [9.17, 15) is 4.79 Å². The highest BCUT2D eigenvalue weighted by Crippen LogP contribution is 2.20. The van der Waals surface area contributed by atoms with Gasteiger partial charge < -0.3 is 5.32 Å². The minimum atomic E-state index is -0.0719. The third-order valence-corrected chi connectivity index (χ3v) is 2.84. The first kappa shape index (κ1) is 13.5. The molecule has 2 nitrogen and oxygen atoms in total. The van der Waals surface area contributed by atoms with Gasteiger partial charge in [0.2, 0.25) is 5.91 Å². The molecule has 1 rings (SSSR count). The highest BCUT2D eigenvalue weighted by Gasteiger charge is 2.07. The number of hydrogen-bond acceptors (Lipinski definition) is 1. The fourth-order valence-corrected chi connectivity index (χ4v) is 1.51. The maximum atomic E-state index is 11.7. The van der Waals surface area contributed by atoms with Crippen molar-refractivity contribution >= 4 is 23.1 Å². The van der Waals surface area contributed by atoms with E-state index in [1.165, 1.54) is 0 Å². The molecular weight excluding hydrogens is 234 g/mol. The molecule has 0 saturated heterocycles. The van der Waals surface area contributed by atoms with Crippen molar-refractivity contribution in [1.29, 1.82) is 0 Å². The zero-order valence-electron chi connectivity index (χ0n) is 10.1. The van der Waals surface area contributed by atoms with Crippen molar-refractivity contribution in [3.8, 4) is 0 Å². The molecule has 0 aliphatic heterocycles. The normalized spacial score (nSPS) is 11.7. The Balaban J connectivity index is 2.92. The summed E-state index contributed by atoms with van der Waals surface area (Å²) in [7, 11) is 0. The van der Waals surface area contributed by atoms with Gasteiger partial charge in [-0.15, -0.1) is 6.58 Å². The van der Waals surface area contributed by atoms with E-state index in [-0.39, 0.29) is 5.91 Å². The van der Waals surface area contributed by atoms with Gasteiger partial charge in [-0.1, -0.05) is 29.8 Å². The summed E-state index contributed by atoms with van der Waals surface area (Å²) in [6.45, 7) is 7.77. The molecule has 0 heterocycles. The van der Waals surface area contributed by atoms with E-state index in [0.29, 0.717) is 17.1 Å². The van der Waals surface area contributed by atoms with Crippen molar-refractivity contribution in [3.63, 3.8) is 0 Å². The molecule has 0 aromatic heterocycles. The molecule has 0 saturated carbocycles. The number of hydrogen-bond donors (Lipinski definition) is 1. The van der Waals surface area contributed by atoms with Gasteiger partial charge in [-0.2, -0.15) is 0 Å². The van der Waals surface area contributed by atoms with E-state index in [0.717, 1.165) is 11.1 Å². The second-order valence-electron chi connectivity index (χ2n) is 3.76. The average Bonchev–Trinajstić information content (AvgIpc) is 2.35. The zero-order chi connectivity index (χ0) is 12.8. The van der Waals surface area contributed by atoms with Gasteiger partial charge in [-0.3, -0.25) is 4.79 Å². The molecule has 17 heavy (non-hydrogen) atoms. The van der Waals surface area contributed by atoms with Crippen molar-refractivity contribution in [1.82, 2.24) is 5.32 Å². The van der Waals surface area contributed by atoms with Gasteiger partial charge in [0, 0.05) is 17.1 Å². The second kappa shape index (κ2) is 6.26. The molecule has 3 heteroatoms. The summed E-state index contributed by atoms with van der Waals surface area (Å²) in [4.78, 5) is 11.7. The van der Waals surface area contributed by atoms with Gasteiger partial charge in [0.15, 0.2) is 0 Å². The summed E-state index contributed by atoms with van der Waals surface area (Å²) in [5.74, 6) is -0.0719. The van der Waals surface area contributed by atoms with Gasteiger partial charge in [0.05, 0.1) is 0 Å². The van der Waals surface area contributed by atoms with Crippen molar-refractivity contribution in [2.45, 2.75) is 13.8 Å². The number of benzene rings is 1. The number of amides is 1. The summed E-state index contributed by atoms with van der Waals surface area (Å²) >= 11 is 5.82. The number of allylic oxidation sites excluding steroid dienone is 1. The molecule has 0 fully saturated rings. The lowest BCUT2D eigenvalue weighted by Crippen LogP contribution is -2.24. The molecule has 0 aliphatic carbocycles. The Hall–Kier alpha value is -1.54. The van der Waals surface area contributed by atoms with Gasteiger partial charge in [-0.25, -0.2) is 0 Å². The summed E-state index contributed by atoms with van der Waals surface area (Å²) in [5, 5.41) is 3.44. The SMILES string of the molecule is C=CCNC(=O)/C(C)=C(/C)c1ccc(Cl)cc1. The molecule has 0 aliphatic rings. The Kier molecular flexibility index (Phi) is 4.98. The maximum Gasteiger partial charge on any atom is 0.247 e. The van der Waals surface area contributed by atoms with Crippen LogP contribution < -0.4 is 5.32 Å². The molecular formula is C14H16ClNO. The van der Waals surface area contributed by atoms with Crippen LogP contribution in [0.15, 0.2) is 42.5 Å². The molecule has 0 atom stereocenters. The molecule has 1 N–H and O–H groups in total. The van der Waals surface area contributed by atoms with Crippen LogP contribution in [0.1, 0.15) is 19.4 Å². The first-order valence-electron chi connectivity index (χ1n) is 5.38. The minimum Gasteiger partial charge on any atom is -0.349 e. The smallest absolute Gasteiger partial charge is 0.247 e. The lowest BCUT2D eigenvalue weighted by molar-refractivity contribution is -0.117. The van der Waals surface area contributed by atoms with Crippen LogP contribution in [0.4, 0.5) is 0 Å². The largest absolute Gasteiger partial charge is 0.349 e. The molecule has 1 amide bonds. The van der Waals surface area contributed by atoms with Crippen LogP contribution in [-0.2, 0) is 4.79 Å². The number of nitrogens with one attached hydrogen (secondary N) is 1. The quantitative estimate of drug-likeness (QED) is 0.643. The second-order valence-corrected chi connectivity index (χ2v) is 4.19. The number of halogens is 1. The third kappa shape index (κ3) is 3.75. The fourth-order valence-electron chi connectivity index (χ4n) is 1.38. The molecule has 1 aromatic carbocycles. The van der Waals surface area contributed by atoms with Crippen molar-refractivity contribution in [2.75, 3.05) is 6.54 Å². The summed E-state index contributed by atoms with van der Waals surface area (Å²) in [6.07, 6.45) is 1.66. The summed E-state index contributed by atoms with van der Waals surface area (Å²) < 4.78 is 0. The van der Waals surface area contributed by atoms with Crippen LogP contribution in [-0.4, -0.2) is 12.5 Å². The van der Waals surface area contributed by atoms with Crippen LogP contribution in [0, 0.1) is 0 Å². The lowest BCUT2D eigenvalue weighted by atomic mass is 10.0. The predicted octanol–water partition coefficient (Wildman–Crippen LogP) is 3.44. The molecule has 90 valence electrons. The van der Waals surface area contributed by atoms with Crippen LogP contribution in [0.3, 0.4) is 0 Å². The van der Waals surface area contributed by atoms with Crippen LogP contribution in [0.5, 0.6) is 0 Å². The van der Waals surface area contributed by atoms with Gasteiger partial charge >= 0.3 is 0 Å². The minimum absolute atomic E-state index is 0.0719. The standard InChI is InChI=1S/C14H16ClNO/c1-4-9-16-14(17)11(3)10(2)12-5-7-13(15)8-6-12/h4-8H,1,9H2,2-3H3,(H,16,17)/b11-10-. The Morgan fingerprint density at radius 1 is 1.35 bits per heavy atom. The van der Waals surface area contributed by atoms with Crippen LogP contribution in [0.25, 0.3) is 5.57 Å². The van der Waals surface area contributed by atoms with E-state index < -0.39 is 0 Å². The molecule has 0 unspecified atom stereocenters. The summed E-state index contributed by atoms with van der Waals surface area (Å²) in [6, 6.07) is 7.44. The van der Waals surface area contributed by atoms with E-state index in [1.807, 2.05) is 38.1 Å². The fraction of sp³-hybridized carbons (Fsp3) is 0.214. The van der Waals surface area contributed by atoms with Crippen molar-refractivity contribution in [3.05, 3.63) is 53.1 Å². The number of carbonyl (C=O) groups is 1. The first-order valence-corrected chi connectivity index (χ1v) is 5.76. The Morgan fingerprint density at radius 2 is 1.94 bits per heavy atom. The van der Waals surface area contributed by atoms with E-state index in [1.54, 1.807) is 6.08 Å². The summed E-state index contributed by atoms with van der Waals surface area (Å²) in [5.41, 5.74) is 2.65. The average molecular weight is 250 g/mol. The Morgan fingerprint density at radius 3 is 2.47 bits per heavy atom. The highest BCUT2D eigenvalue weighted by molar-refractivity contribution is 6.30. The van der Waals surface area contributed by atoms with Crippen molar-refractivity contribution in [2.24, 2.45) is 0 Å². The van der Waals surface area contributed by atoms with Crippen LogP contribution >= 0.6 is 11.6 Å². The maximum absolute atomic E-state index is 11.7. The Bertz CT molecular complexity index is 446. The monoisotopic (exact) mass is 249 g/mol.